The Morgan fingerprint density at radius 2 is 2.10 bits per heavy atom. The van der Waals surface area contributed by atoms with Gasteiger partial charge in [-0.05, 0) is 18.9 Å². The number of aliphatic hydroxyl groups is 1. The highest BCUT2D eigenvalue weighted by Crippen LogP contribution is 2.31. The van der Waals surface area contributed by atoms with Gasteiger partial charge in [-0.1, -0.05) is 12.8 Å². The Labute approximate surface area is 113 Å². The molecule has 1 aliphatic carbocycles. The van der Waals surface area contributed by atoms with E-state index in [1.807, 2.05) is 0 Å². The zero-order valence-corrected chi connectivity index (χ0v) is 10.7. The van der Waals surface area contributed by atoms with Gasteiger partial charge < -0.3 is 9.52 Å². The molecule has 3 rings (SSSR count). The minimum Gasteiger partial charge on any atom is -0.408 e. The summed E-state index contributed by atoms with van der Waals surface area (Å²) < 4.78 is 6.46. The molecule has 7 heteroatoms. The van der Waals surface area contributed by atoms with Crippen LogP contribution in [0.3, 0.4) is 0 Å². The highest BCUT2D eigenvalue weighted by atomic mass is 16.6. The summed E-state index contributed by atoms with van der Waals surface area (Å²) in [6.07, 6.45) is 2.50. The molecule has 7 nitrogen and oxygen atoms in total. The van der Waals surface area contributed by atoms with E-state index in [4.69, 9.17) is 4.42 Å². The Morgan fingerprint density at radius 3 is 2.80 bits per heavy atom. The maximum Gasteiger partial charge on any atom is 0.420 e. The molecular formula is C13H14N2O5. The number of hydrogen-bond acceptors (Lipinski definition) is 5. The smallest absolute Gasteiger partial charge is 0.408 e. The number of non-ortho nitro benzene ring substituents is 1. The van der Waals surface area contributed by atoms with Crippen molar-refractivity contribution in [2.45, 2.75) is 37.8 Å². The van der Waals surface area contributed by atoms with E-state index in [9.17, 15) is 20.0 Å². The van der Waals surface area contributed by atoms with E-state index in [0.29, 0.717) is 23.9 Å². The van der Waals surface area contributed by atoms with E-state index >= 15 is 0 Å². The Kier molecular flexibility index (Phi) is 3.06. The number of fused-ring (bicyclic) bond motifs is 1. The van der Waals surface area contributed by atoms with Crippen molar-refractivity contribution in [2.24, 2.45) is 0 Å². The first kappa shape index (κ1) is 12.9. The van der Waals surface area contributed by atoms with Crippen LogP contribution < -0.4 is 5.76 Å². The van der Waals surface area contributed by atoms with Crippen LogP contribution in [0.25, 0.3) is 11.1 Å². The largest absolute Gasteiger partial charge is 0.420 e. The summed E-state index contributed by atoms with van der Waals surface area (Å²) in [5, 5.41) is 20.9. The molecule has 1 aromatic heterocycles. The van der Waals surface area contributed by atoms with Crippen LogP contribution in [-0.4, -0.2) is 20.7 Å². The number of nitro benzene ring substituents is 1. The number of hydrogen-bond donors (Lipinski definition) is 1. The van der Waals surface area contributed by atoms with Crippen LogP contribution in [0.5, 0.6) is 0 Å². The van der Waals surface area contributed by atoms with E-state index in [1.165, 1.54) is 22.8 Å². The Bertz CT molecular complexity index is 717. The van der Waals surface area contributed by atoms with Crippen molar-refractivity contribution < 1.29 is 14.4 Å². The lowest BCUT2D eigenvalue weighted by molar-refractivity contribution is -0.384. The topological polar surface area (TPSA) is 98.5 Å². The highest BCUT2D eigenvalue weighted by molar-refractivity contribution is 5.76. The molecule has 20 heavy (non-hydrogen) atoms. The van der Waals surface area contributed by atoms with Gasteiger partial charge in [-0.3, -0.25) is 14.7 Å². The first-order valence-corrected chi connectivity index (χ1v) is 6.55. The summed E-state index contributed by atoms with van der Waals surface area (Å²) in [5.74, 6) is -0.577. The lowest BCUT2D eigenvalue weighted by Gasteiger charge is -2.27. The first-order chi connectivity index (χ1) is 9.58. The third-order valence-electron chi connectivity index (χ3n) is 3.83. The van der Waals surface area contributed by atoms with Gasteiger partial charge in [-0.15, -0.1) is 0 Å². The van der Waals surface area contributed by atoms with Gasteiger partial charge in [0.25, 0.3) is 5.69 Å². The van der Waals surface area contributed by atoms with Gasteiger partial charge in [0.1, 0.15) is 0 Å². The maximum atomic E-state index is 12.0. The number of benzene rings is 1. The van der Waals surface area contributed by atoms with Crippen molar-refractivity contribution in [3.63, 3.8) is 0 Å². The molecule has 0 amide bonds. The van der Waals surface area contributed by atoms with E-state index in [-0.39, 0.29) is 11.7 Å². The van der Waals surface area contributed by atoms with E-state index in [0.717, 1.165) is 12.8 Å². The molecule has 1 aromatic carbocycles. The molecule has 1 heterocycles. The molecule has 2 atom stereocenters. The molecule has 0 bridgehead atoms. The molecule has 106 valence electrons. The molecule has 0 spiro atoms. The summed E-state index contributed by atoms with van der Waals surface area (Å²) in [5.41, 5.74) is 0.575. The summed E-state index contributed by atoms with van der Waals surface area (Å²) in [4.78, 5) is 22.3. The van der Waals surface area contributed by atoms with Crippen LogP contribution >= 0.6 is 0 Å². The van der Waals surface area contributed by atoms with Crippen molar-refractivity contribution in [1.82, 2.24) is 4.57 Å². The van der Waals surface area contributed by atoms with Crippen LogP contribution in [-0.2, 0) is 0 Å². The van der Waals surface area contributed by atoms with Crippen LogP contribution in [0.15, 0.2) is 27.4 Å². The predicted octanol–water partition coefficient (Wildman–Crippen LogP) is 1.98. The number of nitro groups is 1. The lowest BCUT2D eigenvalue weighted by atomic mass is 9.92. The molecule has 1 aliphatic rings. The van der Waals surface area contributed by atoms with Crippen molar-refractivity contribution >= 4 is 16.8 Å². The quantitative estimate of drug-likeness (QED) is 0.669. The second kappa shape index (κ2) is 4.75. The van der Waals surface area contributed by atoms with Crippen molar-refractivity contribution in [1.29, 1.82) is 0 Å². The minimum atomic E-state index is -0.624. The van der Waals surface area contributed by atoms with E-state index in [2.05, 4.69) is 0 Å². The van der Waals surface area contributed by atoms with Gasteiger partial charge >= 0.3 is 5.76 Å². The van der Waals surface area contributed by atoms with Gasteiger partial charge in [0, 0.05) is 12.1 Å². The van der Waals surface area contributed by atoms with Crippen molar-refractivity contribution in [3.05, 3.63) is 38.9 Å². The zero-order valence-electron chi connectivity index (χ0n) is 10.7. The minimum absolute atomic E-state index is 0.0997. The molecule has 0 aliphatic heterocycles. The number of aromatic nitrogens is 1. The maximum absolute atomic E-state index is 12.0. The molecule has 1 fully saturated rings. The fourth-order valence-corrected chi connectivity index (χ4v) is 2.84. The van der Waals surface area contributed by atoms with Gasteiger partial charge in [0.05, 0.1) is 22.6 Å². The van der Waals surface area contributed by atoms with Gasteiger partial charge in [-0.25, -0.2) is 4.79 Å². The van der Waals surface area contributed by atoms with Gasteiger partial charge in [0.2, 0.25) is 0 Å². The average molecular weight is 278 g/mol. The van der Waals surface area contributed by atoms with Gasteiger partial charge in [-0.2, -0.15) is 0 Å². The zero-order chi connectivity index (χ0) is 14.3. The fourth-order valence-electron chi connectivity index (χ4n) is 2.84. The van der Waals surface area contributed by atoms with Crippen LogP contribution in [0.2, 0.25) is 0 Å². The standard InChI is InChI=1S/C13H14N2O5/c16-11-4-2-1-3-9(11)14-10-7-8(15(18)19)5-6-12(10)20-13(14)17/h5-7,9,11,16H,1-4H2/t9-,11-/m0/s1. The molecule has 0 unspecified atom stereocenters. The Morgan fingerprint density at radius 1 is 1.35 bits per heavy atom. The molecular weight excluding hydrogens is 264 g/mol. The van der Waals surface area contributed by atoms with Crippen molar-refractivity contribution in [2.75, 3.05) is 0 Å². The fraction of sp³-hybridized carbons (Fsp3) is 0.462. The number of aliphatic hydroxyl groups excluding tert-OH is 1. The second-order valence-corrected chi connectivity index (χ2v) is 5.07. The SMILES string of the molecule is O=c1oc2ccc([N+](=O)[O-])cc2n1[C@H]1CCCC[C@@H]1O. The average Bonchev–Trinajstić information content (AvgIpc) is 2.74. The lowest BCUT2D eigenvalue weighted by Crippen LogP contribution is -2.32. The van der Waals surface area contributed by atoms with E-state index < -0.39 is 16.8 Å². The molecule has 1 N–H and O–H groups in total. The summed E-state index contributed by atoms with van der Waals surface area (Å²) in [7, 11) is 0. The first-order valence-electron chi connectivity index (χ1n) is 6.55. The summed E-state index contributed by atoms with van der Waals surface area (Å²) in [6, 6.07) is 3.66. The summed E-state index contributed by atoms with van der Waals surface area (Å²) >= 11 is 0. The monoisotopic (exact) mass is 278 g/mol. The Balaban J connectivity index is 2.18. The third kappa shape index (κ3) is 2.00. The summed E-state index contributed by atoms with van der Waals surface area (Å²) in [6.45, 7) is 0. The van der Waals surface area contributed by atoms with Crippen molar-refractivity contribution in [3.8, 4) is 0 Å². The number of oxazole rings is 1. The predicted molar refractivity (Wildman–Crippen MR) is 70.6 cm³/mol. The second-order valence-electron chi connectivity index (χ2n) is 5.07. The molecule has 0 saturated heterocycles. The highest BCUT2D eigenvalue weighted by Gasteiger charge is 2.28. The number of nitrogens with zero attached hydrogens (tertiary/aromatic N) is 2. The third-order valence-corrected chi connectivity index (χ3v) is 3.83. The van der Waals surface area contributed by atoms with Gasteiger partial charge in [0.15, 0.2) is 5.58 Å². The molecule has 1 saturated carbocycles. The molecule has 2 aromatic rings. The Hall–Kier alpha value is -2.15. The van der Waals surface area contributed by atoms with Crippen LogP contribution in [0.4, 0.5) is 5.69 Å². The van der Waals surface area contributed by atoms with Crippen LogP contribution in [0.1, 0.15) is 31.7 Å². The molecule has 0 radical (unpaired) electrons. The van der Waals surface area contributed by atoms with E-state index in [1.54, 1.807) is 0 Å². The normalized spacial score (nSPS) is 23.1. The van der Waals surface area contributed by atoms with Crippen LogP contribution in [0, 0.1) is 10.1 Å². The number of rotatable bonds is 2.